The number of nitrogens with one attached hydrogen (secondary N) is 2. The number of thiocarbonyl (C=S) groups is 1. The Bertz CT molecular complexity index is 990. The van der Waals surface area contributed by atoms with Crippen molar-refractivity contribution in [3.05, 3.63) is 66.0 Å². The molecule has 4 rings (SSSR count). The van der Waals surface area contributed by atoms with E-state index in [4.69, 9.17) is 17.0 Å². The molecule has 1 aromatic carbocycles. The van der Waals surface area contributed by atoms with Crippen molar-refractivity contribution in [3.63, 3.8) is 0 Å². The normalized spacial score (nSPS) is 21.9. The van der Waals surface area contributed by atoms with Gasteiger partial charge in [-0.05, 0) is 68.9 Å². The van der Waals surface area contributed by atoms with Gasteiger partial charge in [0.15, 0.2) is 5.11 Å². The van der Waals surface area contributed by atoms with Gasteiger partial charge in [0, 0.05) is 18.3 Å². The van der Waals surface area contributed by atoms with Crippen molar-refractivity contribution in [1.82, 2.24) is 15.1 Å². The lowest BCUT2D eigenvalue weighted by molar-refractivity contribution is 0.0967. The average Bonchev–Trinajstić information content (AvgIpc) is 3.30. The van der Waals surface area contributed by atoms with E-state index in [-0.39, 0.29) is 17.1 Å². The SMILES string of the molecule is CCn1nc(C)cc1C(=O)NC(=S)Nc1cccc(OC2CC3C=CC=CC3C2)c1. The van der Waals surface area contributed by atoms with Crippen LogP contribution < -0.4 is 15.4 Å². The molecule has 0 saturated heterocycles. The number of carbonyl (C=O) groups is 1. The van der Waals surface area contributed by atoms with Crippen molar-refractivity contribution >= 4 is 28.9 Å². The molecule has 30 heavy (non-hydrogen) atoms. The van der Waals surface area contributed by atoms with Gasteiger partial charge in [-0.2, -0.15) is 5.10 Å². The lowest BCUT2D eigenvalue weighted by Gasteiger charge is -2.15. The second-order valence-corrected chi connectivity index (χ2v) is 8.14. The predicted molar refractivity (Wildman–Crippen MR) is 122 cm³/mol. The molecule has 1 heterocycles. The van der Waals surface area contributed by atoms with Gasteiger partial charge < -0.3 is 10.1 Å². The van der Waals surface area contributed by atoms with Crippen molar-refractivity contribution in [2.75, 3.05) is 5.32 Å². The van der Waals surface area contributed by atoms with Gasteiger partial charge in [0.2, 0.25) is 0 Å². The number of rotatable bonds is 5. The maximum Gasteiger partial charge on any atom is 0.275 e. The summed E-state index contributed by atoms with van der Waals surface area (Å²) in [6.07, 6.45) is 11.1. The third kappa shape index (κ3) is 4.62. The first kappa shape index (κ1) is 20.3. The summed E-state index contributed by atoms with van der Waals surface area (Å²) in [5.41, 5.74) is 2.05. The first-order valence-electron chi connectivity index (χ1n) is 10.3. The lowest BCUT2D eigenvalue weighted by atomic mass is 9.92. The molecule has 2 atom stereocenters. The van der Waals surface area contributed by atoms with E-state index in [0.717, 1.165) is 30.0 Å². The molecule has 1 saturated carbocycles. The second kappa shape index (κ2) is 8.83. The molecule has 2 aliphatic rings. The number of allylic oxidation sites excluding steroid dienone is 4. The van der Waals surface area contributed by atoms with Gasteiger partial charge in [0.05, 0.1) is 11.8 Å². The third-order valence-corrected chi connectivity index (χ3v) is 5.71. The van der Waals surface area contributed by atoms with Crippen LogP contribution in [0.3, 0.4) is 0 Å². The fourth-order valence-corrected chi connectivity index (χ4v) is 4.35. The zero-order chi connectivity index (χ0) is 21.1. The molecule has 0 radical (unpaired) electrons. The first-order chi connectivity index (χ1) is 14.5. The Balaban J connectivity index is 1.35. The summed E-state index contributed by atoms with van der Waals surface area (Å²) in [5.74, 6) is 1.66. The number of fused-ring (bicyclic) bond motifs is 1. The van der Waals surface area contributed by atoms with Crippen molar-refractivity contribution in [3.8, 4) is 5.75 Å². The summed E-state index contributed by atoms with van der Waals surface area (Å²) < 4.78 is 7.88. The van der Waals surface area contributed by atoms with Gasteiger partial charge in [-0.25, -0.2) is 0 Å². The van der Waals surface area contributed by atoms with E-state index in [1.165, 1.54) is 0 Å². The van der Waals surface area contributed by atoms with Crippen LogP contribution in [0.2, 0.25) is 0 Å². The summed E-state index contributed by atoms with van der Waals surface area (Å²) in [5, 5.41) is 10.3. The Morgan fingerprint density at radius 3 is 2.67 bits per heavy atom. The van der Waals surface area contributed by atoms with Crippen LogP contribution in [0, 0.1) is 18.8 Å². The Kier molecular flexibility index (Phi) is 5.99. The zero-order valence-corrected chi connectivity index (χ0v) is 18.0. The van der Waals surface area contributed by atoms with Crippen molar-refractivity contribution < 1.29 is 9.53 Å². The Labute approximate surface area is 182 Å². The lowest BCUT2D eigenvalue weighted by Crippen LogP contribution is -2.35. The molecule has 1 aromatic heterocycles. The average molecular weight is 423 g/mol. The summed E-state index contributed by atoms with van der Waals surface area (Å²) in [4.78, 5) is 12.5. The summed E-state index contributed by atoms with van der Waals surface area (Å²) >= 11 is 5.33. The van der Waals surface area contributed by atoms with Crippen LogP contribution in [-0.4, -0.2) is 26.9 Å². The van der Waals surface area contributed by atoms with E-state index in [0.29, 0.717) is 24.1 Å². The van der Waals surface area contributed by atoms with Gasteiger partial charge in [-0.15, -0.1) is 0 Å². The molecule has 2 N–H and O–H groups in total. The van der Waals surface area contributed by atoms with Crippen molar-refractivity contribution in [1.29, 1.82) is 0 Å². The summed E-state index contributed by atoms with van der Waals surface area (Å²) in [6.45, 7) is 4.42. The van der Waals surface area contributed by atoms with Crippen LogP contribution in [0.15, 0.2) is 54.6 Å². The van der Waals surface area contributed by atoms with E-state index < -0.39 is 0 Å². The molecule has 6 nitrogen and oxygen atoms in total. The molecule has 0 spiro atoms. The molecular formula is C23H26N4O2S. The fourth-order valence-electron chi connectivity index (χ4n) is 4.14. The fraction of sp³-hybridized carbons (Fsp3) is 0.348. The van der Waals surface area contributed by atoms with Crippen LogP contribution in [-0.2, 0) is 6.54 Å². The highest BCUT2D eigenvalue weighted by Crippen LogP contribution is 2.38. The minimum Gasteiger partial charge on any atom is -0.490 e. The van der Waals surface area contributed by atoms with Gasteiger partial charge in [0.25, 0.3) is 5.91 Å². The highest BCUT2D eigenvalue weighted by molar-refractivity contribution is 7.80. The minimum atomic E-state index is -0.281. The largest absolute Gasteiger partial charge is 0.490 e. The molecular weight excluding hydrogens is 396 g/mol. The molecule has 1 amide bonds. The maximum absolute atomic E-state index is 12.5. The summed E-state index contributed by atoms with van der Waals surface area (Å²) in [6, 6.07) is 9.42. The number of amides is 1. The molecule has 0 bridgehead atoms. The van der Waals surface area contributed by atoms with Crippen LogP contribution in [0.1, 0.15) is 35.9 Å². The first-order valence-corrected chi connectivity index (χ1v) is 10.7. The smallest absolute Gasteiger partial charge is 0.275 e. The molecule has 1 fully saturated rings. The molecule has 2 aromatic rings. The van der Waals surface area contributed by atoms with E-state index in [1.54, 1.807) is 10.7 Å². The molecule has 2 unspecified atom stereocenters. The van der Waals surface area contributed by atoms with E-state index in [1.807, 2.05) is 38.1 Å². The highest BCUT2D eigenvalue weighted by atomic mass is 32.1. The van der Waals surface area contributed by atoms with Crippen molar-refractivity contribution in [2.24, 2.45) is 11.8 Å². The number of nitrogens with zero attached hydrogens (tertiary/aromatic N) is 2. The summed E-state index contributed by atoms with van der Waals surface area (Å²) in [7, 11) is 0. The zero-order valence-electron chi connectivity index (χ0n) is 17.2. The van der Waals surface area contributed by atoms with Gasteiger partial charge >= 0.3 is 0 Å². The number of ether oxygens (including phenoxy) is 1. The Hall–Kier alpha value is -2.93. The molecule has 156 valence electrons. The number of aromatic nitrogens is 2. The number of aryl methyl sites for hydroxylation is 2. The molecule has 2 aliphatic carbocycles. The van der Waals surface area contributed by atoms with E-state index >= 15 is 0 Å². The minimum absolute atomic E-state index is 0.201. The number of anilines is 1. The number of benzene rings is 1. The Morgan fingerprint density at radius 2 is 1.97 bits per heavy atom. The van der Waals surface area contributed by atoms with Gasteiger partial charge in [0.1, 0.15) is 11.4 Å². The van der Waals surface area contributed by atoms with Crippen LogP contribution in [0.4, 0.5) is 5.69 Å². The van der Waals surface area contributed by atoms with E-state index in [2.05, 4.69) is 40.0 Å². The van der Waals surface area contributed by atoms with E-state index in [9.17, 15) is 4.79 Å². The number of hydrogen-bond donors (Lipinski definition) is 2. The number of carbonyl (C=O) groups excluding carboxylic acids is 1. The van der Waals surface area contributed by atoms with Gasteiger partial charge in [-0.1, -0.05) is 30.4 Å². The second-order valence-electron chi connectivity index (χ2n) is 7.73. The Morgan fingerprint density at radius 1 is 1.23 bits per heavy atom. The van der Waals surface area contributed by atoms with Crippen LogP contribution in [0.5, 0.6) is 5.75 Å². The topological polar surface area (TPSA) is 68.2 Å². The van der Waals surface area contributed by atoms with Gasteiger partial charge in [-0.3, -0.25) is 14.8 Å². The quantitative estimate of drug-likeness (QED) is 0.706. The predicted octanol–water partition coefficient (Wildman–Crippen LogP) is 4.24. The standard InChI is InChI=1S/C23H26N4O2S/c1-3-27-21(11-15(2)26-27)22(28)25-23(30)24-18-9-6-10-19(14-18)29-20-12-16-7-4-5-8-17(16)13-20/h4-11,14,16-17,20H,3,12-13H2,1-2H3,(H2,24,25,28,30). The highest BCUT2D eigenvalue weighted by Gasteiger charge is 2.33. The van der Waals surface area contributed by atoms with Crippen LogP contribution in [0.25, 0.3) is 0 Å². The molecule has 7 heteroatoms. The number of hydrogen-bond acceptors (Lipinski definition) is 4. The monoisotopic (exact) mass is 422 g/mol. The maximum atomic E-state index is 12.5. The van der Waals surface area contributed by atoms with Crippen LogP contribution >= 0.6 is 12.2 Å². The van der Waals surface area contributed by atoms with Crippen molar-refractivity contribution in [2.45, 2.75) is 39.3 Å². The molecule has 0 aliphatic heterocycles. The third-order valence-electron chi connectivity index (χ3n) is 5.50.